The molecule has 0 atom stereocenters. The maximum absolute atomic E-state index is 11.1. The Balaban J connectivity index is 2.49. The summed E-state index contributed by atoms with van der Waals surface area (Å²) in [6.07, 6.45) is 0. The quantitative estimate of drug-likeness (QED) is 0.736. The van der Waals surface area contributed by atoms with Crippen LogP contribution in [0.2, 0.25) is 0 Å². The van der Waals surface area contributed by atoms with Crippen molar-refractivity contribution in [2.75, 3.05) is 18.6 Å². The Labute approximate surface area is 83.8 Å². The highest BCUT2D eigenvalue weighted by atomic mass is 16.5. The van der Waals surface area contributed by atoms with Crippen LogP contribution in [0, 0.1) is 13.8 Å². The van der Waals surface area contributed by atoms with E-state index in [9.17, 15) is 4.79 Å². The van der Waals surface area contributed by atoms with Gasteiger partial charge in [0.2, 0.25) is 0 Å². The second-order valence-corrected chi connectivity index (χ2v) is 3.09. The van der Waals surface area contributed by atoms with Gasteiger partial charge in [0.25, 0.3) is 0 Å². The number of nitrogens with zero attached hydrogens (tertiary/aromatic N) is 1. The average molecular weight is 196 g/mol. The van der Waals surface area contributed by atoms with Crippen molar-refractivity contribution >= 4 is 5.97 Å². The molecule has 4 nitrogen and oxygen atoms in total. The number of esters is 1. The number of aromatic nitrogens is 1. The second-order valence-electron chi connectivity index (χ2n) is 3.09. The number of hydrogen-bond donors (Lipinski definition) is 1. The largest absolute Gasteiger partial charge is 0.465 e. The van der Waals surface area contributed by atoms with Crippen LogP contribution in [0.25, 0.3) is 0 Å². The molecular formula is C10H16N2O2. The summed E-state index contributed by atoms with van der Waals surface area (Å²) in [4.78, 5) is 11.1. The molecule has 0 unspecified atom stereocenters. The highest BCUT2D eigenvalue weighted by Crippen LogP contribution is 2.03. The number of rotatable bonds is 4. The molecule has 1 aromatic rings. The van der Waals surface area contributed by atoms with Gasteiger partial charge in [0.1, 0.15) is 6.54 Å². The standard InChI is InChI=1S/C10H16N2O2/c1-4-14-10(13)7-11-12-8(2)5-6-9(12)3/h5-6,11H,4,7H2,1-3H3. The maximum Gasteiger partial charge on any atom is 0.326 e. The van der Waals surface area contributed by atoms with Gasteiger partial charge in [0.15, 0.2) is 0 Å². The van der Waals surface area contributed by atoms with E-state index in [1.165, 1.54) is 0 Å². The molecule has 0 saturated carbocycles. The van der Waals surface area contributed by atoms with E-state index in [1.807, 2.05) is 30.7 Å². The van der Waals surface area contributed by atoms with Gasteiger partial charge in [-0.15, -0.1) is 0 Å². The molecule has 0 spiro atoms. The monoisotopic (exact) mass is 196 g/mol. The molecule has 0 aliphatic carbocycles. The molecule has 1 heterocycles. The van der Waals surface area contributed by atoms with Crippen LogP contribution in [0.4, 0.5) is 0 Å². The maximum atomic E-state index is 11.1. The number of aryl methyl sites for hydroxylation is 2. The zero-order valence-corrected chi connectivity index (χ0v) is 8.83. The molecule has 0 fully saturated rings. The fourth-order valence-corrected chi connectivity index (χ4v) is 1.27. The Morgan fingerprint density at radius 1 is 1.43 bits per heavy atom. The van der Waals surface area contributed by atoms with Gasteiger partial charge in [-0.1, -0.05) is 0 Å². The van der Waals surface area contributed by atoms with Crippen molar-refractivity contribution in [3.8, 4) is 0 Å². The van der Waals surface area contributed by atoms with E-state index in [0.717, 1.165) is 11.4 Å². The summed E-state index contributed by atoms with van der Waals surface area (Å²) in [5.74, 6) is -0.236. The number of nitrogens with one attached hydrogen (secondary N) is 1. The van der Waals surface area contributed by atoms with Gasteiger partial charge in [0.05, 0.1) is 6.61 Å². The zero-order chi connectivity index (χ0) is 10.6. The lowest BCUT2D eigenvalue weighted by molar-refractivity contribution is -0.141. The van der Waals surface area contributed by atoms with E-state index in [4.69, 9.17) is 4.74 Å². The molecule has 1 rings (SSSR count). The van der Waals surface area contributed by atoms with Crippen LogP contribution in [-0.4, -0.2) is 23.8 Å². The molecule has 0 aliphatic rings. The topological polar surface area (TPSA) is 43.3 Å². The molecule has 1 N–H and O–H groups in total. The van der Waals surface area contributed by atoms with Gasteiger partial charge < -0.3 is 10.2 Å². The predicted octanol–water partition coefficient (Wildman–Crippen LogP) is 1.21. The molecule has 0 bridgehead atoms. The second kappa shape index (κ2) is 4.69. The smallest absolute Gasteiger partial charge is 0.326 e. The van der Waals surface area contributed by atoms with Crippen molar-refractivity contribution in [2.45, 2.75) is 20.8 Å². The van der Waals surface area contributed by atoms with Crippen LogP contribution in [0.15, 0.2) is 12.1 Å². The molecule has 78 valence electrons. The number of hydrogen-bond acceptors (Lipinski definition) is 3. The van der Waals surface area contributed by atoms with Crippen LogP contribution in [0.5, 0.6) is 0 Å². The minimum atomic E-state index is -0.236. The highest BCUT2D eigenvalue weighted by molar-refractivity contribution is 5.72. The lowest BCUT2D eigenvalue weighted by atomic mass is 10.5. The Morgan fingerprint density at radius 2 is 2.00 bits per heavy atom. The summed E-state index contributed by atoms with van der Waals surface area (Å²) in [6.45, 7) is 6.37. The van der Waals surface area contributed by atoms with E-state index >= 15 is 0 Å². The Hall–Kier alpha value is -1.45. The SMILES string of the molecule is CCOC(=O)CNn1c(C)ccc1C. The van der Waals surface area contributed by atoms with Gasteiger partial charge in [-0.25, -0.2) is 0 Å². The van der Waals surface area contributed by atoms with Gasteiger partial charge >= 0.3 is 5.97 Å². The van der Waals surface area contributed by atoms with Crippen molar-refractivity contribution in [2.24, 2.45) is 0 Å². The summed E-state index contributed by atoms with van der Waals surface area (Å²) < 4.78 is 6.68. The third-order valence-corrected chi connectivity index (χ3v) is 1.96. The predicted molar refractivity (Wildman–Crippen MR) is 54.8 cm³/mol. The molecule has 1 aromatic heterocycles. The first-order valence-electron chi connectivity index (χ1n) is 4.69. The third-order valence-electron chi connectivity index (χ3n) is 1.96. The molecule has 0 radical (unpaired) electrons. The molecule has 14 heavy (non-hydrogen) atoms. The average Bonchev–Trinajstić information content (AvgIpc) is 2.44. The van der Waals surface area contributed by atoms with E-state index < -0.39 is 0 Å². The van der Waals surface area contributed by atoms with Crippen LogP contribution in [0.3, 0.4) is 0 Å². The molecular weight excluding hydrogens is 180 g/mol. The van der Waals surface area contributed by atoms with E-state index in [0.29, 0.717) is 6.61 Å². The number of ether oxygens (including phenoxy) is 1. The first-order chi connectivity index (χ1) is 6.65. The fraction of sp³-hybridized carbons (Fsp3) is 0.500. The van der Waals surface area contributed by atoms with Crippen molar-refractivity contribution in [1.29, 1.82) is 0 Å². The third kappa shape index (κ3) is 2.52. The molecule has 0 saturated heterocycles. The molecule has 4 heteroatoms. The Kier molecular flexibility index (Phi) is 3.56. The van der Waals surface area contributed by atoms with Crippen molar-refractivity contribution < 1.29 is 9.53 Å². The van der Waals surface area contributed by atoms with Crippen molar-refractivity contribution in [3.63, 3.8) is 0 Å². The summed E-state index contributed by atoms with van der Waals surface area (Å²) in [5, 5.41) is 0. The number of carbonyl (C=O) groups excluding carboxylic acids is 1. The first-order valence-corrected chi connectivity index (χ1v) is 4.69. The zero-order valence-electron chi connectivity index (χ0n) is 8.83. The first kappa shape index (κ1) is 10.6. The number of carbonyl (C=O) groups is 1. The lowest BCUT2D eigenvalue weighted by Gasteiger charge is -2.11. The summed E-state index contributed by atoms with van der Waals surface area (Å²) in [7, 11) is 0. The summed E-state index contributed by atoms with van der Waals surface area (Å²) >= 11 is 0. The lowest BCUT2D eigenvalue weighted by Crippen LogP contribution is -2.25. The van der Waals surface area contributed by atoms with Gasteiger partial charge in [0, 0.05) is 11.4 Å². The van der Waals surface area contributed by atoms with Gasteiger partial charge in [-0.2, -0.15) is 0 Å². The van der Waals surface area contributed by atoms with E-state index in [2.05, 4.69) is 5.43 Å². The Morgan fingerprint density at radius 3 is 2.50 bits per heavy atom. The Bertz CT molecular complexity index is 298. The minimum Gasteiger partial charge on any atom is -0.465 e. The normalized spacial score (nSPS) is 9.93. The molecule has 0 aromatic carbocycles. The van der Waals surface area contributed by atoms with Crippen LogP contribution in [-0.2, 0) is 9.53 Å². The van der Waals surface area contributed by atoms with Crippen molar-refractivity contribution in [3.05, 3.63) is 23.5 Å². The van der Waals surface area contributed by atoms with Gasteiger partial charge in [-0.05, 0) is 32.9 Å². The van der Waals surface area contributed by atoms with Gasteiger partial charge in [-0.3, -0.25) is 9.47 Å². The van der Waals surface area contributed by atoms with E-state index in [-0.39, 0.29) is 12.5 Å². The van der Waals surface area contributed by atoms with E-state index in [1.54, 1.807) is 6.92 Å². The van der Waals surface area contributed by atoms with Crippen LogP contribution >= 0.6 is 0 Å². The van der Waals surface area contributed by atoms with Crippen LogP contribution in [0.1, 0.15) is 18.3 Å². The fourth-order valence-electron chi connectivity index (χ4n) is 1.27. The molecule has 0 aliphatic heterocycles. The van der Waals surface area contributed by atoms with Crippen LogP contribution < -0.4 is 5.43 Å². The minimum absolute atomic E-state index is 0.199. The summed E-state index contributed by atoms with van der Waals surface area (Å²) in [5.41, 5.74) is 5.14. The molecule has 0 amide bonds. The summed E-state index contributed by atoms with van der Waals surface area (Å²) in [6, 6.07) is 3.99. The van der Waals surface area contributed by atoms with Crippen molar-refractivity contribution in [1.82, 2.24) is 4.68 Å². The highest BCUT2D eigenvalue weighted by Gasteiger charge is 2.03.